The average molecular weight is 434 g/mol. The zero-order valence-electron chi connectivity index (χ0n) is 15.6. The number of rotatable bonds is 4. The van der Waals surface area contributed by atoms with Crippen LogP contribution >= 0.6 is 11.6 Å². The number of amides is 1. The van der Waals surface area contributed by atoms with Crippen LogP contribution in [0.2, 0.25) is 5.02 Å². The molecule has 0 radical (unpaired) electrons. The molecule has 3 atom stereocenters. The summed E-state index contributed by atoms with van der Waals surface area (Å²) in [6.45, 7) is 1.23. The van der Waals surface area contributed by atoms with Crippen molar-refractivity contribution in [3.05, 3.63) is 47.1 Å². The summed E-state index contributed by atoms with van der Waals surface area (Å²) in [6, 6.07) is 3.37. The Morgan fingerprint density at radius 3 is 2.87 bits per heavy atom. The molecular formula is C20H15ClF3N5O. The average Bonchev–Trinajstić information content (AvgIpc) is 3.08. The third-order valence-corrected chi connectivity index (χ3v) is 5.62. The number of H-pyrrole nitrogens is 1. The molecule has 0 spiro atoms. The molecule has 1 aliphatic rings. The number of benzene rings is 1. The van der Waals surface area contributed by atoms with Crippen molar-refractivity contribution in [2.45, 2.75) is 25.7 Å². The van der Waals surface area contributed by atoms with Gasteiger partial charge in [-0.2, -0.15) is 5.10 Å². The molecular weight excluding hydrogens is 419 g/mol. The number of aromatic amines is 1. The Morgan fingerprint density at radius 1 is 1.40 bits per heavy atom. The van der Waals surface area contributed by atoms with Crippen LogP contribution in [0, 0.1) is 11.7 Å². The first-order chi connectivity index (χ1) is 14.3. The normalized spacial score (nSPS) is 19.4. The van der Waals surface area contributed by atoms with Gasteiger partial charge in [0.05, 0.1) is 28.9 Å². The summed E-state index contributed by atoms with van der Waals surface area (Å²) in [5, 5.41) is 9.44. The maximum atomic E-state index is 14.9. The molecule has 3 unspecified atom stereocenters. The topological polar surface area (TPSA) is 75.1 Å². The number of carbonyl (C=O) groups excluding carboxylic acids is 1. The molecule has 4 aromatic rings. The fraction of sp³-hybridized carbons (Fsp3) is 0.250. The molecule has 1 aliphatic carbocycles. The van der Waals surface area contributed by atoms with Gasteiger partial charge in [-0.05, 0) is 25.5 Å². The second kappa shape index (κ2) is 6.73. The SMILES string of the molecule is CC(F)c1c(F)c(Cl)c(-c2ccc3nc(NC(=O)C4CC4F)cn3c2)c2cn[nH]c12. The fourth-order valence-corrected chi connectivity index (χ4v) is 3.96. The van der Waals surface area contributed by atoms with E-state index >= 15 is 0 Å². The second-order valence-electron chi connectivity index (χ2n) is 7.35. The number of pyridine rings is 1. The van der Waals surface area contributed by atoms with Crippen LogP contribution in [0.4, 0.5) is 19.0 Å². The molecule has 10 heteroatoms. The standard InChI is InChI=1S/C20H15ClF3N5O/c1-8(22)15-18(24)17(21)16(11-5-25-28-19(11)15)9-2-3-14-26-13(7-29(14)6-9)27-20(30)10-4-12(10)23/h2-3,5-8,10,12H,4H2,1H3,(H,25,28)(H,27,30). The number of halogens is 4. The van der Waals surface area contributed by atoms with Gasteiger partial charge in [-0.25, -0.2) is 18.2 Å². The number of nitrogens with zero attached hydrogens (tertiary/aromatic N) is 3. The number of hydrogen-bond donors (Lipinski definition) is 2. The lowest BCUT2D eigenvalue weighted by atomic mass is 9.98. The van der Waals surface area contributed by atoms with Crippen molar-refractivity contribution < 1.29 is 18.0 Å². The van der Waals surface area contributed by atoms with Crippen LogP contribution < -0.4 is 5.32 Å². The van der Waals surface area contributed by atoms with E-state index in [1.165, 1.54) is 13.1 Å². The van der Waals surface area contributed by atoms with Crippen LogP contribution in [0.3, 0.4) is 0 Å². The van der Waals surface area contributed by atoms with E-state index in [0.29, 0.717) is 22.2 Å². The Hall–Kier alpha value is -3.07. The molecule has 1 fully saturated rings. The van der Waals surface area contributed by atoms with Gasteiger partial charge < -0.3 is 9.72 Å². The van der Waals surface area contributed by atoms with Gasteiger partial charge in [-0.15, -0.1) is 0 Å². The van der Waals surface area contributed by atoms with Gasteiger partial charge in [0.25, 0.3) is 0 Å². The minimum Gasteiger partial charge on any atom is -0.309 e. The van der Waals surface area contributed by atoms with Crippen molar-refractivity contribution in [2.24, 2.45) is 5.92 Å². The Kier molecular flexibility index (Phi) is 4.25. The van der Waals surface area contributed by atoms with E-state index in [1.807, 2.05) is 0 Å². The summed E-state index contributed by atoms with van der Waals surface area (Å²) in [7, 11) is 0. The lowest BCUT2D eigenvalue weighted by molar-refractivity contribution is -0.117. The van der Waals surface area contributed by atoms with Crippen LogP contribution in [-0.4, -0.2) is 31.7 Å². The number of aromatic nitrogens is 4. The monoisotopic (exact) mass is 433 g/mol. The van der Waals surface area contributed by atoms with Crippen LogP contribution in [0.5, 0.6) is 0 Å². The van der Waals surface area contributed by atoms with Crippen molar-refractivity contribution in [1.82, 2.24) is 19.6 Å². The van der Waals surface area contributed by atoms with Crippen LogP contribution in [-0.2, 0) is 4.79 Å². The first-order valence-electron chi connectivity index (χ1n) is 9.27. The van der Waals surface area contributed by atoms with Crippen molar-refractivity contribution >= 4 is 39.9 Å². The third kappa shape index (κ3) is 2.92. The smallest absolute Gasteiger partial charge is 0.231 e. The summed E-state index contributed by atoms with van der Waals surface area (Å²) < 4.78 is 43.6. The van der Waals surface area contributed by atoms with Crippen molar-refractivity contribution in [2.75, 3.05) is 5.32 Å². The van der Waals surface area contributed by atoms with Gasteiger partial charge in [0.2, 0.25) is 5.91 Å². The maximum absolute atomic E-state index is 14.9. The van der Waals surface area contributed by atoms with Gasteiger partial charge in [-0.3, -0.25) is 9.89 Å². The molecule has 1 aromatic carbocycles. The molecule has 1 saturated carbocycles. The Balaban J connectivity index is 1.59. The minimum atomic E-state index is -1.57. The van der Waals surface area contributed by atoms with E-state index in [9.17, 15) is 18.0 Å². The lowest BCUT2D eigenvalue weighted by Gasteiger charge is -2.13. The molecule has 3 heterocycles. The quantitative estimate of drug-likeness (QED) is 0.475. The Bertz CT molecular complexity index is 1320. The van der Waals surface area contributed by atoms with Crippen molar-refractivity contribution in [3.63, 3.8) is 0 Å². The molecule has 0 aliphatic heterocycles. The number of alkyl halides is 2. The molecule has 154 valence electrons. The van der Waals surface area contributed by atoms with Gasteiger partial charge in [0.15, 0.2) is 11.6 Å². The lowest BCUT2D eigenvalue weighted by Crippen LogP contribution is -2.15. The summed E-state index contributed by atoms with van der Waals surface area (Å²) in [4.78, 5) is 16.2. The maximum Gasteiger partial charge on any atom is 0.231 e. The highest BCUT2D eigenvalue weighted by atomic mass is 35.5. The number of anilines is 1. The first-order valence-corrected chi connectivity index (χ1v) is 9.65. The van der Waals surface area contributed by atoms with E-state index in [1.54, 1.807) is 28.9 Å². The van der Waals surface area contributed by atoms with Crippen LogP contribution in [0.15, 0.2) is 30.7 Å². The van der Waals surface area contributed by atoms with E-state index in [2.05, 4.69) is 20.5 Å². The van der Waals surface area contributed by atoms with E-state index < -0.39 is 30.0 Å². The zero-order valence-corrected chi connectivity index (χ0v) is 16.3. The van der Waals surface area contributed by atoms with E-state index in [0.717, 1.165) is 0 Å². The highest BCUT2D eigenvalue weighted by Gasteiger charge is 2.43. The van der Waals surface area contributed by atoms with Gasteiger partial charge >= 0.3 is 0 Å². The molecule has 5 rings (SSSR count). The molecule has 6 nitrogen and oxygen atoms in total. The zero-order chi connectivity index (χ0) is 21.2. The summed E-state index contributed by atoms with van der Waals surface area (Å²) >= 11 is 6.29. The number of imidazole rings is 1. The molecule has 2 N–H and O–H groups in total. The molecule has 3 aromatic heterocycles. The van der Waals surface area contributed by atoms with Crippen LogP contribution in [0.1, 0.15) is 25.1 Å². The van der Waals surface area contributed by atoms with E-state index in [4.69, 9.17) is 11.6 Å². The molecule has 30 heavy (non-hydrogen) atoms. The number of nitrogens with one attached hydrogen (secondary N) is 2. The summed E-state index contributed by atoms with van der Waals surface area (Å²) in [6.07, 6.45) is 2.26. The predicted molar refractivity (Wildman–Crippen MR) is 106 cm³/mol. The van der Waals surface area contributed by atoms with Gasteiger partial charge in [-0.1, -0.05) is 11.6 Å². The van der Waals surface area contributed by atoms with E-state index in [-0.39, 0.29) is 28.3 Å². The Labute approximate surface area is 173 Å². The summed E-state index contributed by atoms with van der Waals surface area (Å²) in [5.74, 6) is -1.60. The van der Waals surface area contributed by atoms with Gasteiger partial charge in [0, 0.05) is 28.3 Å². The first kappa shape index (κ1) is 18.9. The highest BCUT2D eigenvalue weighted by molar-refractivity contribution is 6.35. The van der Waals surface area contributed by atoms with Crippen molar-refractivity contribution in [1.29, 1.82) is 0 Å². The molecule has 0 bridgehead atoms. The largest absolute Gasteiger partial charge is 0.309 e. The van der Waals surface area contributed by atoms with Crippen LogP contribution in [0.25, 0.3) is 27.7 Å². The molecule has 0 saturated heterocycles. The fourth-order valence-electron chi connectivity index (χ4n) is 3.65. The van der Waals surface area contributed by atoms with Gasteiger partial charge in [0.1, 0.15) is 18.0 Å². The number of hydrogen-bond acceptors (Lipinski definition) is 3. The predicted octanol–water partition coefficient (Wildman–Crippen LogP) is 5.00. The number of carbonyl (C=O) groups is 1. The third-order valence-electron chi connectivity index (χ3n) is 5.26. The molecule has 1 amide bonds. The number of fused-ring (bicyclic) bond motifs is 2. The summed E-state index contributed by atoms with van der Waals surface area (Å²) in [5.41, 5.74) is 1.51. The highest BCUT2D eigenvalue weighted by Crippen LogP contribution is 2.41. The Morgan fingerprint density at radius 2 is 2.17 bits per heavy atom. The second-order valence-corrected chi connectivity index (χ2v) is 7.73. The van der Waals surface area contributed by atoms with Crippen molar-refractivity contribution in [3.8, 4) is 11.1 Å². The minimum absolute atomic E-state index is 0.170.